The van der Waals surface area contributed by atoms with E-state index in [9.17, 15) is 4.79 Å². The number of rotatable bonds is 4. The molecule has 1 aliphatic carbocycles. The molecule has 1 saturated carbocycles. The summed E-state index contributed by atoms with van der Waals surface area (Å²) < 4.78 is 7.14. The fourth-order valence-electron chi connectivity index (χ4n) is 4.55. The normalized spacial score (nSPS) is 22.4. The van der Waals surface area contributed by atoms with Crippen molar-refractivity contribution in [2.75, 3.05) is 6.54 Å². The number of halogens is 1. The molecule has 1 amide bonds. The zero-order chi connectivity index (χ0) is 21.4. The third-order valence-electron chi connectivity index (χ3n) is 6.00. The molecule has 3 aromatic heterocycles. The molecule has 2 saturated heterocycles. The first kappa shape index (κ1) is 20.1. The van der Waals surface area contributed by atoms with Gasteiger partial charge in [0.15, 0.2) is 5.82 Å². The molecule has 3 aromatic rings. The van der Waals surface area contributed by atoms with Crippen molar-refractivity contribution < 1.29 is 9.53 Å². The van der Waals surface area contributed by atoms with E-state index in [0.717, 1.165) is 36.0 Å². The zero-order valence-electron chi connectivity index (χ0n) is 17.1. The molecule has 0 unspecified atom stereocenters. The highest BCUT2D eigenvalue weighted by Gasteiger charge is 2.45. The largest absolute Gasteiger partial charge is 0.472 e. The summed E-state index contributed by atoms with van der Waals surface area (Å²) in [5, 5.41) is 0. The number of ether oxygens (including phenoxy) is 1. The van der Waals surface area contributed by atoms with E-state index in [1.165, 1.54) is 0 Å². The standard InChI is InChI=1S/C23H22BrN5O2/c1-14-3-6-17(21(28-14)22-25-9-2-10-26-22)23(30)29-13-15-4-7-18(29)19(11-15)31-20-8-5-16(24)12-27-20/h2-3,5-6,8-10,12,15,18-19H,4,7,11,13H2,1H3/t15-,18+,19-/m1/s1. The number of fused-ring (bicyclic) bond motifs is 3. The Morgan fingerprint density at radius 3 is 2.71 bits per heavy atom. The first-order valence-electron chi connectivity index (χ1n) is 10.4. The van der Waals surface area contributed by atoms with E-state index >= 15 is 0 Å². The highest BCUT2D eigenvalue weighted by Crippen LogP contribution is 2.38. The van der Waals surface area contributed by atoms with Gasteiger partial charge in [0, 0.05) is 41.4 Å². The number of hydrogen-bond acceptors (Lipinski definition) is 6. The molecule has 0 N–H and O–H groups in total. The van der Waals surface area contributed by atoms with E-state index in [-0.39, 0.29) is 18.1 Å². The van der Waals surface area contributed by atoms with E-state index in [0.29, 0.717) is 28.9 Å². The summed E-state index contributed by atoms with van der Waals surface area (Å²) in [6.07, 6.45) is 7.96. The Bertz CT molecular complexity index is 1090. The summed E-state index contributed by atoms with van der Waals surface area (Å²) in [6, 6.07) is 9.23. The molecule has 2 bridgehead atoms. The number of aromatic nitrogens is 4. The smallest absolute Gasteiger partial charge is 0.256 e. The van der Waals surface area contributed by atoms with Crippen LogP contribution in [0, 0.1) is 12.8 Å². The molecule has 3 fully saturated rings. The molecular formula is C23H22BrN5O2. The van der Waals surface area contributed by atoms with Crippen LogP contribution in [0.25, 0.3) is 11.5 Å². The van der Waals surface area contributed by atoms with Gasteiger partial charge in [-0.25, -0.2) is 19.9 Å². The molecule has 8 heteroatoms. The first-order chi connectivity index (χ1) is 15.1. The van der Waals surface area contributed by atoms with Gasteiger partial charge in [-0.05, 0) is 72.3 Å². The van der Waals surface area contributed by atoms with Crippen LogP contribution < -0.4 is 4.74 Å². The molecule has 158 valence electrons. The second kappa shape index (κ2) is 8.34. The van der Waals surface area contributed by atoms with Gasteiger partial charge in [-0.1, -0.05) is 0 Å². The van der Waals surface area contributed by atoms with Gasteiger partial charge < -0.3 is 9.64 Å². The SMILES string of the molecule is Cc1ccc(C(=O)N2C[C@@H]3CC[C@H]2[C@H](Oc2ccc(Br)cn2)C3)c(-c2ncccn2)n1. The van der Waals surface area contributed by atoms with E-state index in [4.69, 9.17) is 4.74 Å². The second-order valence-electron chi connectivity index (χ2n) is 8.10. The van der Waals surface area contributed by atoms with Crippen molar-refractivity contribution in [3.63, 3.8) is 0 Å². The molecule has 5 heterocycles. The zero-order valence-corrected chi connectivity index (χ0v) is 18.7. The molecule has 6 rings (SSSR count). The molecule has 0 aromatic carbocycles. The van der Waals surface area contributed by atoms with Gasteiger partial charge in [0.05, 0.1) is 11.6 Å². The Kier molecular flexibility index (Phi) is 5.40. The molecule has 3 atom stereocenters. The number of aryl methyl sites for hydroxylation is 1. The van der Waals surface area contributed by atoms with Crippen LogP contribution in [0.1, 0.15) is 35.3 Å². The van der Waals surface area contributed by atoms with Crippen LogP contribution in [0.5, 0.6) is 5.88 Å². The number of piperidine rings is 2. The Balaban J connectivity index is 1.44. The van der Waals surface area contributed by atoms with Gasteiger partial charge in [-0.2, -0.15) is 0 Å². The lowest BCUT2D eigenvalue weighted by Crippen LogP contribution is -2.59. The number of carbonyl (C=O) groups excluding carboxylic acids is 1. The minimum absolute atomic E-state index is 0.00814. The number of pyridine rings is 2. The fraction of sp³-hybridized carbons (Fsp3) is 0.348. The maximum Gasteiger partial charge on any atom is 0.256 e. The predicted molar refractivity (Wildman–Crippen MR) is 119 cm³/mol. The van der Waals surface area contributed by atoms with E-state index in [1.54, 1.807) is 24.7 Å². The number of nitrogens with zero attached hydrogens (tertiary/aromatic N) is 5. The minimum atomic E-state index is -0.0695. The van der Waals surface area contributed by atoms with Crippen molar-refractivity contribution in [3.05, 3.63) is 64.7 Å². The minimum Gasteiger partial charge on any atom is -0.472 e. The molecule has 7 nitrogen and oxygen atoms in total. The van der Waals surface area contributed by atoms with Crippen molar-refractivity contribution in [2.24, 2.45) is 5.92 Å². The second-order valence-corrected chi connectivity index (χ2v) is 9.01. The quantitative estimate of drug-likeness (QED) is 0.560. The molecule has 0 radical (unpaired) electrons. The number of carbonyl (C=O) groups is 1. The maximum atomic E-state index is 13.7. The van der Waals surface area contributed by atoms with Crippen LogP contribution in [0.2, 0.25) is 0 Å². The average molecular weight is 480 g/mol. The average Bonchev–Trinajstić information content (AvgIpc) is 2.81. The summed E-state index contributed by atoms with van der Waals surface area (Å²) in [7, 11) is 0. The Labute approximate surface area is 189 Å². The van der Waals surface area contributed by atoms with E-state index in [1.807, 2.05) is 36.1 Å². The van der Waals surface area contributed by atoms with Gasteiger partial charge >= 0.3 is 0 Å². The lowest BCUT2D eigenvalue weighted by molar-refractivity contribution is -0.0313. The summed E-state index contributed by atoms with van der Waals surface area (Å²) in [5.41, 5.74) is 1.88. The third-order valence-corrected chi connectivity index (χ3v) is 6.47. The lowest BCUT2D eigenvalue weighted by Gasteiger charge is -2.49. The van der Waals surface area contributed by atoms with E-state index in [2.05, 4.69) is 35.9 Å². The van der Waals surface area contributed by atoms with Crippen molar-refractivity contribution in [1.82, 2.24) is 24.8 Å². The highest BCUT2D eigenvalue weighted by molar-refractivity contribution is 9.10. The van der Waals surface area contributed by atoms with Crippen LogP contribution in [-0.2, 0) is 0 Å². The van der Waals surface area contributed by atoms with Crippen molar-refractivity contribution in [2.45, 2.75) is 38.3 Å². The monoisotopic (exact) mass is 479 g/mol. The Hall–Kier alpha value is -2.87. The van der Waals surface area contributed by atoms with Gasteiger partial charge in [0.25, 0.3) is 5.91 Å². The van der Waals surface area contributed by atoms with Crippen LogP contribution in [-0.4, -0.2) is 49.4 Å². The summed E-state index contributed by atoms with van der Waals surface area (Å²) in [5.74, 6) is 1.43. The summed E-state index contributed by atoms with van der Waals surface area (Å²) >= 11 is 3.40. The van der Waals surface area contributed by atoms with Crippen molar-refractivity contribution >= 4 is 21.8 Å². The van der Waals surface area contributed by atoms with Gasteiger partial charge in [0.1, 0.15) is 11.8 Å². The first-order valence-corrected chi connectivity index (χ1v) is 11.2. The fourth-order valence-corrected chi connectivity index (χ4v) is 4.79. The summed E-state index contributed by atoms with van der Waals surface area (Å²) in [6.45, 7) is 2.64. The molecular weight excluding hydrogens is 458 g/mol. The van der Waals surface area contributed by atoms with Gasteiger partial charge in [-0.15, -0.1) is 0 Å². The molecule has 2 aliphatic heterocycles. The third kappa shape index (κ3) is 4.04. The maximum absolute atomic E-state index is 13.7. The van der Waals surface area contributed by atoms with Crippen molar-refractivity contribution in [3.8, 4) is 17.4 Å². The van der Waals surface area contributed by atoms with Crippen LogP contribution >= 0.6 is 15.9 Å². The topological polar surface area (TPSA) is 81.1 Å². The molecule has 0 spiro atoms. The van der Waals surface area contributed by atoms with Crippen LogP contribution in [0.4, 0.5) is 0 Å². The lowest BCUT2D eigenvalue weighted by atomic mass is 9.77. The molecule has 31 heavy (non-hydrogen) atoms. The number of amides is 1. The Morgan fingerprint density at radius 2 is 1.97 bits per heavy atom. The number of hydrogen-bond donors (Lipinski definition) is 0. The molecule has 3 aliphatic rings. The van der Waals surface area contributed by atoms with Gasteiger partial charge in [-0.3, -0.25) is 4.79 Å². The predicted octanol–water partition coefficient (Wildman–Crippen LogP) is 4.08. The Morgan fingerprint density at radius 1 is 1.13 bits per heavy atom. The van der Waals surface area contributed by atoms with Gasteiger partial charge in [0.2, 0.25) is 5.88 Å². The summed E-state index contributed by atoms with van der Waals surface area (Å²) in [4.78, 5) is 33.2. The van der Waals surface area contributed by atoms with Crippen molar-refractivity contribution in [1.29, 1.82) is 0 Å². The van der Waals surface area contributed by atoms with E-state index < -0.39 is 0 Å². The highest BCUT2D eigenvalue weighted by atomic mass is 79.9. The van der Waals surface area contributed by atoms with Crippen LogP contribution in [0.3, 0.4) is 0 Å². The van der Waals surface area contributed by atoms with Crippen LogP contribution in [0.15, 0.2) is 53.4 Å².